The Kier molecular flexibility index (Phi) is 7.82. The van der Waals surface area contributed by atoms with Crippen molar-refractivity contribution in [2.24, 2.45) is 0 Å². The van der Waals surface area contributed by atoms with E-state index in [0.29, 0.717) is 18.2 Å². The number of hydrogen-bond acceptors (Lipinski definition) is 7. The fourth-order valence-corrected chi connectivity index (χ4v) is 5.77. The van der Waals surface area contributed by atoms with Crippen LogP contribution >= 0.6 is 0 Å². The van der Waals surface area contributed by atoms with Crippen molar-refractivity contribution in [1.29, 1.82) is 0 Å². The maximum Gasteiger partial charge on any atom is 0.419 e. The fraction of sp³-hybridized carbons (Fsp3) is 0.500. The second-order valence-electron chi connectivity index (χ2n) is 12.0. The van der Waals surface area contributed by atoms with Crippen molar-refractivity contribution in [2.45, 2.75) is 84.0 Å². The monoisotopic (exact) mass is 547 g/mol. The van der Waals surface area contributed by atoms with Crippen LogP contribution in [0.5, 0.6) is 5.75 Å². The molecule has 3 aromatic rings. The fourth-order valence-electron chi connectivity index (χ4n) is 5.77. The third kappa shape index (κ3) is 5.82. The van der Waals surface area contributed by atoms with Gasteiger partial charge in [0.25, 0.3) is 0 Å². The molecule has 2 fully saturated rings. The molecule has 214 valence electrons. The maximum absolute atomic E-state index is 13.1. The third-order valence-electron chi connectivity index (χ3n) is 7.79. The van der Waals surface area contributed by atoms with Crippen LogP contribution in [0.2, 0.25) is 0 Å². The van der Waals surface area contributed by atoms with E-state index in [9.17, 15) is 9.59 Å². The Labute approximate surface area is 236 Å². The summed E-state index contributed by atoms with van der Waals surface area (Å²) in [7, 11) is 3.12. The highest BCUT2D eigenvalue weighted by atomic mass is 16.6. The van der Waals surface area contributed by atoms with Crippen molar-refractivity contribution in [1.82, 2.24) is 9.47 Å². The molecule has 1 saturated carbocycles. The van der Waals surface area contributed by atoms with Crippen molar-refractivity contribution in [3.63, 3.8) is 0 Å². The molecule has 40 heavy (non-hydrogen) atoms. The second kappa shape index (κ2) is 11.2. The number of fused-ring (bicyclic) bond motifs is 1. The average molecular weight is 548 g/mol. The van der Waals surface area contributed by atoms with Gasteiger partial charge in [0.05, 0.1) is 25.3 Å². The minimum absolute atomic E-state index is 0.177. The Hall–Kier alpha value is -3.52. The first-order chi connectivity index (χ1) is 19.1. The number of piperidine rings is 1. The number of rotatable bonds is 7. The number of anilines is 1. The number of nitrogens with one attached hydrogen (secondary N) is 1. The van der Waals surface area contributed by atoms with E-state index in [2.05, 4.69) is 16.3 Å². The number of carbonyl (C=O) groups is 2. The van der Waals surface area contributed by atoms with Crippen LogP contribution in [0, 0.1) is 6.92 Å². The minimum atomic E-state index is -0.590. The van der Waals surface area contributed by atoms with Crippen LogP contribution in [-0.2, 0) is 16.0 Å². The summed E-state index contributed by atoms with van der Waals surface area (Å²) in [5, 5.41) is 4.66. The largest absolute Gasteiger partial charge is 0.496 e. The topological polar surface area (TPSA) is 82.0 Å². The lowest BCUT2D eigenvalue weighted by molar-refractivity contribution is 0.0542. The molecule has 1 atom stereocenters. The molecular formula is C32H41N3O5. The number of benzene rings is 2. The first kappa shape index (κ1) is 28.0. The van der Waals surface area contributed by atoms with E-state index < -0.39 is 5.60 Å². The zero-order valence-corrected chi connectivity index (χ0v) is 24.5. The van der Waals surface area contributed by atoms with Gasteiger partial charge in [-0.2, -0.15) is 0 Å². The molecule has 5 rings (SSSR count). The van der Waals surface area contributed by atoms with Crippen molar-refractivity contribution in [3.8, 4) is 5.75 Å². The van der Waals surface area contributed by atoms with Gasteiger partial charge in [0.2, 0.25) is 0 Å². The summed E-state index contributed by atoms with van der Waals surface area (Å²) in [6.45, 7) is 9.23. The standard InChI is InChI=1S/C32H41N3O5/c1-20-17-28(38-5)25(23-14-16-35(29(20)23)31(37)40-32(2,3)4)19-34-15-8-7-9-27(34)24-13-10-21(30(36)39-6)18-26(24)33-22-11-12-22/h10,13-14,16-18,22,27,33H,7-9,11-12,15,19H2,1-6H3/t27-/m1/s1. The van der Waals surface area contributed by atoms with Gasteiger partial charge in [-0.3, -0.25) is 9.47 Å². The first-order valence-electron chi connectivity index (χ1n) is 14.2. The van der Waals surface area contributed by atoms with E-state index in [4.69, 9.17) is 14.2 Å². The van der Waals surface area contributed by atoms with E-state index in [1.54, 1.807) is 17.9 Å². The molecule has 2 aliphatic rings. The van der Waals surface area contributed by atoms with Gasteiger partial charge in [-0.15, -0.1) is 0 Å². The highest BCUT2D eigenvalue weighted by molar-refractivity contribution is 5.95. The number of aromatic nitrogens is 1. The molecule has 8 nitrogen and oxygen atoms in total. The first-order valence-corrected chi connectivity index (χ1v) is 14.2. The predicted octanol–water partition coefficient (Wildman–Crippen LogP) is 6.83. The quantitative estimate of drug-likeness (QED) is 0.325. The molecular weight excluding hydrogens is 506 g/mol. The zero-order valence-electron chi connectivity index (χ0n) is 24.5. The summed E-state index contributed by atoms with van der Waals surface area (Å²) in [5.74, 6) is 0.487. The Morgan fingerprint density at radius 1 is 1.05 bits per heavy atom. The lowest BCUT2D eigenvalue weighted by atomic mass is 9.92. The van der Waals surface area contributed by atoms with Crippen LogP contribution in [0.3, 0.4) is 0 Å². The predicted molar refractivity (Wildman–Crippen MR) is 156 cm³/mol. The molecule has 0 bridgehead atoms. The van der Waals surface area contributed by atoms with Crippen LogP contribution in [0.25, 0.3) is 10.9 Å². The van der Waals surface area contributed by atoms with Gasteiger partial charge in [-0.1, -0.05) is 12.5 Å². The third-order valence-corrected chi connectivity index (χ3v) is 7.79. The average Bonchev–Trinajstić information content (AvgIpc) is 3.62. The summed E-state index contributed by atoms with van der Waals surface area (Å²) in [6.07, 6.45) is 6.96. The summed E-state index contributed by atoms with van der Waals surface area (Å²) in [6, 6.07) is 10.5. The number of ether oxygens (including phenoxy) is 3. The molecule has 1 saturated heterocycles. The summed E-state index contributed by atoms with van der Waals surface area (Å²) < 4.78 is 18.2. The van der Waals surface area contributed by atoms with Gasteiger partial charge in [0.15, 0.2) is 0 Å². The number of methoxy groups -OCH3 is 2. The summed E-state index contributed by atoms with van der Waals surface area (Å²) in [4.78, 5) is 27.9. The zero-order chi connectivity index (χ0) is 28.6. The van der Waals surface area contributed by atoms with Gasteiger partial charge in [0, 0.05) is 41.5 Å². The number of aryl methyl sites for hydroxylation is 1. The normalized spacial score (nSPS) is 18.0. The number of nitrogens with zero attached hydrogens (tertiary/aromatic N) is 2. The lowest BCUT2D eigenvalue weighted by Crippen LogP contribution is -2.33. The SMILES string of the molecule is COC(=O)c1ccc([C@H]2CCCCN2Cc2c(OC)cc(C)c3c2ccn3C(=O)OC(C)(C)C)c(NC2CC2)c1. The van der Waals surface area contributed by atoms with Crippen LogP contribution in [0.4, 0.5) is 10.5 Å². The molecule has 1 aliphatic heterocycles. The molecule has 8 heteroatoms. The Morgan fingerprint density at radius 3 is 2.50 bits per heavy atom. The van der Waals surface area contributed by atoms with E-state index >= 15 is 0 Å². The van der Waals surface area contributed by atoms with E-state index in [1.807, 2.05) is 52.0 Å². The van der Waals surface area contributed by atoms with Crippen LogP contribution in [-0.4, -0.2) is 53.9 Å². The van der Waals surface area contributed by atoms with Crippen LogP contribution < -0.4 is 10.1 Å². The van der Waals surface area contributed by atoms with Crippen molar-refractivity contribution in [3.05, 3.63) is 58.8 Å². The highest BCUT2D eigenvalue weighted by Gasteiger charge is 2.31. The Balaban J connectivity index is 1.53. The molecule has 0 unspecified atom stereocenters. The molecule has 0 spiro atoms. The van der Waals surface area contributed by atoms with Gasteiger partial charge < -0.3 is 19.5 Å². The highest BCUT2D eigenvalue weighted by Crippen LogP contribution is 2.41. The van der Waals surface area contributed by atoms with Gasteiger partial charge >= 0.3 is 12.1 Å². The number of hydrogen-bond donors (Lipinski definition) is 1. The number of carbonyl (C=O) groups excluding carboxylic acids is 2. The molecule has 1 N–H and O–H groups in total. The Morgan fingerprint density at radius 2 is 1.82 bits per heavy atom. The van der Waals surface area contributed by atoms with Gasteiger partial charge in [0.1, 0.15) is 11.4 Å². The molecule has 2 heterocycles. The summed E-state index contributed by atoms with van der Waals surface area (Å²) in [5.41, 5.74) is 5.04. The van der Waals surface area contributed by atoms with E-state index in [-0.39, 0.29) is 18.1 Å². The smallest absolute Gasteiger partial charge is 0.419 e. The molecule has 0 amide bonds. The molecule has 2 aromatic carbocycles. The van der Waals surface area contributed by atoms with Gasteiger partial charge in [-0.25, -0.2) is 9.59 Å². The van der Waals surface area contributed by atoms with E-state index in [1.165, 1.54) is 12.7 Å². The minimum Gasteiger partial charge on any atom is -0.496 e. The van der Waals surface area contributed by atoms with Crippen LogP contribution in [0.1, 0.15) is 86.0 Å². The van der Waals surface area contributed by atoms with E-state index in [0.717, 1.165) is 72.1 Å². The van der Waals surface area contributed by atoms with Crippen molar-refractivity contribution < 1.29 is 23.8 Å². The Bertz CT molecular complexity index is 1420. The molecule has 1 aliphatic carbocycles. The maximum atomic E-state index is 13.1. The van der Waals surface area contributed by atoms with Crippen molar-refractivity contribution >= 4 is 28.7 Å². The van der Waals surface area contributed by atoms with Crippen LogP contribution in [0.15, 0.2) is 36.5 Å². The number of esters is 1. The number of likely N-dealkylation sites (tertiary alicyclic amines) is 1. The summed E-state index contributed by atoms with van der Waals surface area (Å²) >= 11 is 0. The van der Waals surface area contributed by atoms with Crippen molar-refractivity contribution in [2.75, 3.05) is 26.1 Å². The lowest BCUT2D eigenvalue weighted by Gasteiger charge is -2.37. The molecule has 1 aromatic heterocycles. The second-order valence-corrected chi connectivity index (χ2v) is 12.0. The van der Waals surface area contributed by atoms with Gasteiger partial charge in [-0.05, 0) is 95.3 Å². The molecule has 0 radical (unpaired) electrons.